The van der Waals surface area contributed by atoms with E-state index in [1.165, 1.54) is 148 Å². The third-order valence-electron chi connectivity index (χ3n) is 21.8. The number of hydrogen-bond donors (Lipinski definition) is 1. The van der Waals surface area contributed by atoms with E-state index in [1.54, 1.807) is 0 Å². The first kappa shape index (κ1) is 57.7. The molecule has 4 heterocycles. The summed E-state index contributed by atoms with van der Waals surface area (Å²) >= 11 is 0. The topological polar surface area (TPSA) is 119 Å². The first-order valence-corrected chi connectivity index (χ1v) is 30.4. The van der Waals surface area contributed by atoms with Crippen molar-refractivity contribution in [1.82, 2.24) is 0 Å². The van der Waals surface area contributed by atoms with Crippen molar-refractivity contribution in [2.75, 3.05) is 66.9 Å². The maximum atomic E-state index is 9.48. The maximum Gasteiger partial charge on any atom is 0.177 e. The Bertz CT molecular complexity index is 1490. The third-order valence-corrected chi connectivity index (χ3v) is 21.8. The Labute approximate surface area is 439 Å². The van der Waals surface area contributed by atoms with Gasteiger partial charge in [0.05, 0.1) is 76.8 Å². The molecule has 1 N–H and O–H groups in total. The molecule has 0 aromatic heterocycles. The highest BCUT2D eigenvalue weighted by atomic mass is 16.7. The van der Waals surface area contributed by atoms with Crippen LogP contribution in [0.5, 0.6) is 0 Å². The van der Waals surface area contributed by atoms with Crippen LogP contribution in [0.15, 0.2) is 0 Å². The first-order valence-electron chi connectivity index (χ1n) is 30.4. The fourth-order valence-electron chi connectivity index (χ4n) is 15.7. The van der Waals surface area contributed by atoms with Crippen LogP contribution in [-0.2, 0) is 47.4 Å². The van der Waals surface area contributed by atoms with Crippen LogP contribution in [0.4, 0.5) is 0 Å². The zero-order chi connectivity index (χ0) is 50.7. The van der Waals surface area contributed by atoms with Gasteiger partial charge < -0.3 is 52.5 Å². The standard InChI is InChI=1S/C21H38O5.C21H36O4.C19H34O2/c1-21(2,16-6-4-15(5-7-16)19-12-24-14-26-19)17-8-10-18(11-9-17)25-13-20(22)23-3;1-21(2,16-5-3-15(4-6-16)20-13-22-14-25-20)17-7-9-18(10-8-17)23-11-19-12-24-19;1-14-4-6-15(7-5-14)19(2,3)16-8-10-17(11-9-16)20-12-18-13-21-18/h15-20,22H,4-14H2,1-3H3;15-20H,3-14H2,1-2H3;14-18H,4-13H2,1-3H3. The van der Waals surface area contributed by atoms with Gasteiger partial charge in [0.1, 0.15) is 25.8 Å². The summed E-state index contributed by atoms with van der Waals surface area (Å²) < 4.78 is 55.5. The molecule has 6 aliphatic carbocycles. The lowest BCUT2D eigenvalue weighted by Crippen LogP contribution is -2.39. The molecule has 11 heteroatoms. The summed E-state index contributed by atoms with van der Waals surface area (Å²) in [5.74, 6) is 7.57. The van der Waals surface area contributed by atoms with E-state index in [0.29, 0.717) is 72.4 Å². The summed E-state index contributed by atoms with van der Waals surface area (Å²) in [5.41, 5.74) is 1.39. The average Bonchev–Trinajstić information content (AvgIpc) is 4.30. The highest BCUT2D eigenvalue weighted by Crippen LogP contribution is 2.53. The molecule has 5 unspecified atom stereocenters. The van der Waals surface area contributed by atoms with Crippen LogP contribution in [0.25, 0.3) is 0 Å². The van der Waals surface area contributed by atoms with Gasteiger partial charge in [0.15, 0.2) is 6.29 Å². The summed E-state index contributed by atoms with van der Waals surface area (Å²) in [4.78, 5) is 0. The van der Waals surface area contributed by atoms with E-state index >= 15 is 0 Å². The lowest BCUT2D eigenvalue weighted by molar-refractivity contribution is -0.139. The van der Waals surface area contributed by atoms with Crippen molar-refractivity contribution in [2.24, 2.45) is 69.5 Å². The molecule has 5 atom stereocenters. The van der Waals surface area contributed by atoms with Gasteiger partial charge in [-0.1, -0.05) is 61.3 Å². The lowest BCUT2D eigenvalue weighted by atomic mass is 9.59. The number of hydrogen-bond acceptors (Lipinski definition) is 11. The smallest absolute Gasteiger partial charge is 0.177 e. The minimum atomic E-state index is -0.798. The number of aliphatic hydroxyl groups is 1. The largest absolute Gasteiger partial charge is 0.375 e. The number of methoxy groups -OCH3 is 1. The molecule has 0 radical (unpaired) electrons. The molecule has 72 heavy (non-hydrogen) atoms. The van der Waals surface area contributed by atoms with Crippen LogP contribution in [0, 0.1) is 69.5 Å². The molecule has 10 aliphatic rings. The van der Waals surface area contributed by atoms with E-state index < -0.39 is 6.29 Å². The fourth-order valence-corrected chi connectivity index (χ4v) is 15.7. The molecule has 4 saturated heterocycles. The van der Waals surface area contributed by atoms with Crippen molar-refractivity contribution in [3.63, 3.8) is 0 Å². The Hall–Kier alpha value is -0.440. The summed E-state index contributed by atoms with van der Waals surface area (Å²) in [6.07, 6.45) is 33.5. The number of ether oxygens (including phenoxy) is 10. The Morgan fingerprint density at radius 1 is 0.417 bits per heavy atom. The van der Waals surface area contributed by atoms with Crippen LogP contribution in [-0.4, -0.2) is 121 Å². The highest BCUT2D eigenvalue weighted by molar-refractivity contribution is 4.95. The zero-order valence-electron chi connectivity index (χ0n) is 47.2. The van der Waals surface area contributed by atoms with Crippen LogP contribution >= 0.6 is 0 Å². The second kappa shape index (κ2) is 27.4. The predicted molar refractivity (Wildman–Crippen MR) is 282 cm³/mol. The maximum absolute atomic E-state index is 9.48. The van der Waals surface area contributed by atoms with Gasteiger partial charge >= 0.3 is 0 Å². The van der Waals surface area contributed by atoms with Gasteiger partial charge in [-0.15, -0.1) is 0 Å². The van der Waals surface area contributed by atoms with Crippen molar-refractivity contribution in [3.8, 4) is 0 Å². The molecular weight excluding hydrogens is 909 g/mol. The van der Waals surface area contributed by atoms with Gasteiger partial charge in [-0.25, -0.2) is 0 Å². The summed E-state index contributed by atoms with van der Waals surface area (Å²) in [6, 6.07) is 0. The Kier molecular flexibility index (Phi) is 22.0. The van der Waals surface area contributed by atoms with Gasteiger partial charge in [-0.2, -0.15) is 0 Å². The molecule has 0 spiro atoms. The molecule has 11 nitrogen and oxygen atoms in total. The molecular formula is C61H108O11. The normalized spacial score (nSPS) is 40.3. The van der Waals surface area contributed by atoms with Crippen molar-refractivity contribution >= 4 is 0 Å². The minimum Gasteiger partial charge on any atom is -0.375 e. The third kappa shape index (κ3) is 16.5. The van der Waals surface area contributed by atoms with Crippen molar-refractivity contribution < 1.29 is 52.5 Å². The predicted octanol–water partition coefficient (Wildman–Crippen LogP) is 12.7. The van der Waals surface area contributed by atoms with Crippen LogP contribution < -0.4 is 0 Å². The van der Waals surface area contributed by atoms with Crippen molar-refractivity contribution in [1.29, 1.82) is 0 Å². The van der Waals surface area contributed by atoms with E-state index in [0.717, 1.165) is 99.8 Å². The first-order chi connectivity index (χ1) is 34.7. The second-order valence-corrected chi connectivity index (χ2v) is 27.1. The summed E-state index contributed by atoms with van der Waals surface area (Å²) in [7, 11) is 1.51. The number of aliphatic hydroxyl groups excluding tert-OH is 1. The molecule has 10 rings (SSSR count). The van der Waals surface area contributed by atoms with Crippen molar-refractivity contribution in [3.05, 3.63) is 0 Å². The molecule has 418 valence electrons. The molecule has 0 aromatic rings. The quantitative estimate of drug-likeness (QED) is 0.104. The molecule has 10 fully saturated rings. The Morgan fingerprint density at radius 2 is 0.722 bits per heavy atom. The molecule has 0 bridgehead atoms. The average molecular weight is 1020 g/mol. The van der Waals surface area contributed by atoms with E-state index in [1.807, 2.05) is 0 Å². The van der Waals surface area contributed by atoms with E-state index in [9.17, 15) is 5.11 Å². The molecule has 0 amide bonds. The molecule has 0 aromatic carbocycles. The van der Waals surface area contributed by atoms with E-state index in [4.69, 9.17) is 47.4 Å². The molecule has 6 saturated carbocycles. The Balaban J connectivity index is 0.000000145. The molecule has 4 aliphatic heterocycles. The van der Waals surface area contributed by atoms with Crippen LogP contribution in [0.3, 0.4) is 0 Å². The van der Waals surface area contributed by atoms with Crippen LogP contribution in [0.1, 0.15) is 203 Å². The van der Waals surface area contributed by atoms with Gasteiger partial charge in [-0.05, 0) is 211 Å². The second-order valence-electron chi connectivity index (χ2n) is 27.1. The number of epoxide rings is 2. The van der Waals surface area contributed by atoms with Crippen LogP contribution in [0.2, 0.25) is 0 Å². The monoisotopic (exact) mass is 1020 g/mol. The minimum absolute atomic E-state index is 0.280. The van der Waals surface area contributed by atoms with Gasteiger partial charge in [0.2, 0.25) is 0 Å². The van der Waals surface area contributed by atoms with Gasteiger partial charge in [0, 0.05) is 7.11 Å². The van der Waals surface area contributed by atoms with Gasteiger partial charge in [0.25, 0.3) is 0 Å². The summed E-state index contributed by atoms with van der Waals surface area (Å²) in [6.45, 7) is 24.0. The highest BCUT2D eigenvalue weighted by Gasteiger charge is 2.45. The fraction of sp³-hybridized carbons (Fsp3) is 1.00. The van der Waals surface area contributed by atoms with E-state index in [-0.39, 0.29) is 12.7 Å². The van der Waals surface area contributed by atoms with Gasteiger partial charge in [-0.3, -0.25) is 0 Å². The summed E-state index contributed by atoms with van der Waals surface area (Å²) in [5, 5.41) is 9.48. The SMILES string of the molecule is CC(C)(C1CCC(OCC2CO2)CC1)C1CCC(C2COCO2)CC1.CC1CCC(C(C)(C)C2CCC(OCC3CO3)CC2)CC1.COC(O)COC1CCC(C(C)(C)C2CCC(C3COCO3)CC2)CC1. The Morgan fingerprint density at radius 3 is 1.01 bits per heavy atom. The zero-order valence-corrected chi connectivity index (χ0v) is 47.2. The van der Waals surface area contributed by atoms with E-state index in [2.05, 4.69) is 48.5 Å². The van der Waals surface area contributed by atoms with Crippen molar-refractivity contribution in [2.45, 2.75) is 252 Å². The number of rotatable bonds is 18. The lowest BCUT2D eigenvalue weighted by Gasteiger charge is -2.47.